The van der Waals surface area contributed by atoms with E-state index in [-0.39, 0.29) is 17.9 Å². The first kappa shape index (κ1) is 17.4. The van der Waals surface area contributed by atoms with Gasteiger partial charge >= 0.3 is 0 Å². The third kappa shape index (κ3) is 3.33. The number of rotatable bonds is 5. The van der Waals surface area contributed by atoms with Crippen LogP contribution < -0.4 is 0 Å². The van der Waals surface area contributed by atoms with Crippen LogP contribution in [-0.2, 0) is 21.4 Å². The lowest BCUT2D eigenvalue weighted by Gasteiger charge is -2.46. The summed E-state index contributed by atoms with van der Waals surface area (Å²) in [7, 11) is -0.263. The molecule has 0 aliphatic carbocycles. The van der Waals surface area contributed by atoms with Crippen LogP contribution in [0.2, 0.25) is 0 Å². The summed E-state index contributed by atoms with van der Waals surface area (Å²) in [5, 5.41) is 0. The van der Waals surface area contributed by atoms with Crippen LogP contribution in [0.3, 0.4) is 0 Å². The zero-order chi connectivity index (χ0) is 17.3. The summed E-state index contributed by atoms with van der Waals surface area (Å²) in [5.41, 5.74) is 1.01. The molecule has 0 bridgehead atoms. The van der Waals surface area contributed by atoms with Crippen LogP contribution in [0.4, 0.5) is 0 Å². The first-order valence-corrected chi connectivity index (χ1v) is 9.73. The molecule has 1 aromatic heterocycles. The molecule has 0 radical (unpaired) electrons. The molecular weight excluding hydrogens is 330 g/mol. The van der Waals surface area contributed by atoms with E-state index in [9.17, 15) is 13.2 Å². The number of hydrogen-bond donors (Lipinski definition) is 1. The van der Waals surface area contributed by atoms with Crippen LogP contribution in [-0.4, -0.2) is 77.6 Å². The van der Waals surface area contributed by atoms with Crippen LogP contribution in [0.5, 0.6) is 0 Å². The third-order valence-electron chi connectivity index (χ3n) is 5.07. The highest BCUT2D eigenvalue weighted by Gasteiger charge is 2.42. The Bertz CT molecular complexity index is 673. The largest absolute Gasteiger partial charge is 0.348 e. The van der Waals surface area contributed by atoms with E-state index < -0.39 is 10.2 Å². The van der Waals surface area contributed by atoms with Gasteiger partial charge in [0, 0.05) is 64.5 Å². The summed E-state index contributed by atoms with van der Waals surface area (Å²) in [6, 6.07) is 0.141. The molecule has 1 aromatic rings. The van der Waals surface area contributed by atoms with Crippen molar-refractivity contribution < 1.29 is 13.2 Å². The standard InChI is InChI=1S/C15H25N5O3S/c1-18(2)24(22,23)19-7-6-14-12(10-19)3-4-15(21)20(14)8-5-13-9-16-11-17-13/h9,11-12,14H,3-8,10H2,1-2H3,(H,16,17)/t12-,14+/m0/s1. The van der Waals surface area contributed by atoms with Gasteiger partial charge in [0.25, 0.3) is 10.2 Å². The number of hydrogen-bond acceptors (Lipinski definition) is 4. The monoisotopic (exact) mass is 355 g/mol. The maximum atomic E-state index is 12.4. The lowest BCUT2D eigenvalue weighted by Crippen LogP contribution is -2.58. The van der Waals surface area contributed by atoms with Crippen molar-refractivity contribution in [3.8, 4) is 0 Å². The van der Waals surface area contributed by atoms with E-state index in [4.69, 9.17) is 0 Å². The number of aromatic nitrogens is 2. The van der Waals surface area contributed by atoms with Crippen molar-refractivity contribution in [3.63, 3.8) is 0 Å². The van der Waals surface area contributed by atoms with Gasteiger partial charge in [0.15, 0.2) is 0 Å². The van der Waals surface area contributed by atoms with Crippen LogP contribution in [0.15, 0.2) is 12.5 Å². The number of aromatic amines is 1. The summed E-state index contributed by atoms with van der Waals surface area (Å²) in [5.74, 6) is 0.396. The summed E-state index contributed by atoms with van der Waals surface area (Å²) >= 11 is 0. The van der Waals surface area contributed by atoms with Gasteiger partial charge in [-0.05, 0) is 18.8 Å². The fourth-order valence-electron chi connectivity index (χ4n) is 3.71. The molecule has 9 heteroatoms. The molecule has 2 aliphatic heterocycles. The van der Waals surface area contributed by atoms with Gasteiger partial charge in [0.2, 0.25) is 5.91 Å². The smallest absolute Gasteiger partial charge is 0.281 e. The number of carbonyl (C=O) groups is 1. The number of amides is 1. The van der Waals surface area contributed by atoms with Gasteiger partial charge in [0.05, 0.1) is 6.33 Å². The maximum absolute atomic E-state index is 12.4. The van der Waals surface area contributed by atoms with Crippen molar-refractivity contribution in [2.24, 2.45) is 5.92 Å². The number of imidazole rings is 1. The van der Waals surface area contributed by atoms with E-state index in [0.29, 0.717) is 32.5 Å². The molecule has 2 fully saturated rings. The predicted molar refractivity (Wildman–Crippen MR) is 89.3 cm³/mol. The Kier molecular flexibility index (Phi) is 4.93. The minimum absolute atomic E-state index is 0.141. The van der Waals surface area contributed by atoms with Crippen LogP contribution in [0.25, 0.3) is 0 Å². The predicted octanol–water partition coefficient (Wildman–Crippen LogP) is 0.0715. The van der Waals surface area contributed by atoms with E-state index >= 15 is 0 Å². The molecule has 8 nitrogen and oxygen atoms in total. The SMILES string of the molecule is CN(C)S(=O)(=O)N1CC[C@@H]2[C@@H](CCC(=O)N2CCc2cnc[nH]2)C1. The summed E-state index contributed by atoms with van der Waals surface area (Å²) in [6.45, 7) is 1.62. The summed E-state index contributed by atoms with van der Waals surface area (Å²) < 4.78 is 27.5. The van der Waals surface area contributed by atoms with Crippen molar-refractivity contribution in [1.82, 2.24) is 23.5 Å². The van der Waals surface area contributed by atoms with Crippen LogP contribution >= 0.6 is 0 Å². The number of piperidine rings is 2. The van der Waals surface area contributed by atoms with E-state index in [0.717, 1.165) is 18.5 Å². The molecule has 2 aliphatic rings. The molecule has 3 rings (SSSR count). The molecule has 1 N–H and O–H groups in total. The average Bonchev–Trinajstić information content (AvgIpc) is 3.06. The maximum Gasteiger partial charge on any atom is 0.281 e. The van der Waals surface area contributed by atoms with E-state index in [1.165, 1.54) is 4.31 Å². The lowest BCUT2D eigenvalue weighted by atomic mass is 9.84. The number of fused-ring (bicyclic) bond motifs is 1. The molecule has 134 valence electrons. The van der Waals surface area contributed by atoms with Crippen molar-refractivity contribution in [3.05, 3.63) is 18.2 Å². The molecule has 3 heterocycles. The molecule has 0 aromatic carbocycles. The highest BCUT2D eigenvalue weighted by molar-refractivity contribution is 7.86. The van der Waals surface area contributed by atoms with Crippen molar-refractivity contribution in [2.75, 3.05) is 33.7 Å². The highest BCUT2D eigenvalue weighted by Crippen LogP contribution is 2.32. The quantitative estimate of drug-likeness (QED) is 0.809. The highest BCUT2D eigenvalue weighted by atomic mass is 32.2. The minimum atomic E-state index is -3.38. The Balaban J connectivity index is 1.67. The zero-order valence-electron chi connectivity index (χ0n) is 14.2. The third-order valence-corrected chi connectivity index (χ3v) is 6.98. The summed E-state index contributed by atoms with van der Waals surface area (Å²) in [6.07, 6.45) is 6.13. The number of carbonyl (C=O) groups excluding carboxylic acids is 1. The Labute approximate surface area is 143 Å². The molecule has 2 atom stereocenters. The first-order valence-electron chi connectivity index (χ1n) is 8.34. The first-order chi connectivity index (χ1) is 11.4. The molecule has 0 saturated carbocycles. The number of nitrogens with zero attached hydrogens (tertiary/aromatic N) is 4. The Morgan fingerprint density at radius 1 is 1.38 bits per heavy atom. The van der Waals surface area contributed by atoms with Gasteiger partial charge in [-0.2, -0.15) is 17.0 Å². The zero-order valence-corrected chi connectivity index (χ0v) is 15.0. The van der Waals surface area contributed by atoms with Crippen molar-refractivity contribution in [1.29, 1.82) is 0 Å². The second-order valence-corrected chi connectivity index (χ2v) is 8.86. The fraction of sp³-hybridized carbons (Fsp3) is 0.733. The molecule has 24 heavy (non-hydrogen) atoms. The molecule has 0 spiro atoms. The Morgan fingerprint density at radius 2 is 2.17 bits per heavy atom. The molecule has 2 saturated heterocycles. The van der Waals surface area contributed by atoms with Gasteiger partial charge in [-0.1, -0.05) is 0 Å². The van der Waals surface area contributed by atoms with Gasteiger partial charge in [0.1, 0.15) is 0 Å². The Hall–Kier alpha value is -1.45. The van der Waals surface area contributed by atoms with E-state index in [2.05, 4.69) is 9.97 Å². The van der Waals surface area contributed by atoms with Crippen molar-refractivity contribution in [2.45, 2.75) is 31.7 Å². The number of nitrogens with one attached hydrogen (secondary N) is 1. The topological polar surface area (TPSA) is 89.6 Å². The fourth-order valence-corrected chi connectivity index (χ4v) is 4.89. The number of H-pyrrole nitrogens is 1. The molecular formula is C15H25N5O3S. The normalized spacial score (nSPS) is 26.0. The molecule has 0 unspecified atom stereocenters. The van der Waals surface area contributed by atoms with Gasteiger partial charge < -0.3 is 9.88 Å². The Morgan fingerprint density at radius 3 is 2.83 bits per heavy atom. The average molecular weight is 355 g/mol. The second-order valence-electron chi connectivity index (χ2n) is 6.72. The van der Waals surface area contributed by atoms with Gasteiger partial charge in [-0.3, -0.25) is 4.79 Å². The van der Waals surface area contributed by atoms with Gasteiger partial charge in [-0.25, -0.2) is 4.98 Å². The van der Waals surface area contributed by atoms with E-state index in [1.807, 2.05) is 4.90 Å². The molecule has 1 amide bonds. The van der Waals surface area contributed by atoms with E-state index in [1.54, 1.807) is 30.9 Å². The van der Waals surface area contributed by atoms with Gasteiger partial charge in [-0.15, -0.1) is 0 Å². The van der Waals surface area contributed by atoms with Crippen LogP contribution in [0, 0.1) is 5.92 Å². The van der Waals surface area contributed by atoms with Crippen molar-refractivity contribution >= 4 is 16.1 Å². The second kappa shape index (κ2) is 6.81. The number of likely N-dealkylation sites (tertiary alicyclic amines) is 1. The van der Waals surface area contributed by atoms with Crippen LogP contribution in [0.1, 0.15) is 25.0 Å². The lowest BCUT2D eigenvalue weighted by molar-refractivity contribution is -0.140. The minimum Gasteiger partial charge on any atom is -0.348 e. The summed E-state index contributed by atoms with van der Waals surface area (Å²) in [4.78, 5) is 21.4.